The first-order valence-corrected chi connectivity index (χ1v) is 9.92. The van der Waals surface area contributed by atoms with Crippen molar-refractivity contribution in [3.8, 4) is 0 Å². The lowest BCUT2D eigenvalue weighted by Gasteiger charge is -2.22. The Hall–Kier alpha value is -1.38. The van der Waals surface area contributed by atoms with Gasteiger partial charge in [-0.1, -0.05) is 6.92 Å². The molecule has 24 heavy (non-hydrogen) atoms. The van der Waals surface area contributed by atoms with Crippen molar-refractivity contribution in [2.45, 2.75) is 32.4 Å². The van der Waals surface area contributed by atoms with E-state index in [9.17, 15) is 13.5 Å². The fraction of sp³-hybridized carbons (Fsp3) is 0.688. The van der Waals surface area contributed by atoms with Gasteiger partial charge >= 0.3 is 0 Å². The number of nitrogens with zero attached hydrogens (tertiary/aromatic N) is 2. The molecule has 1 unspecified atom stereocenters. The van der Waals surface area contributed by atoms with Crippen LogP contribution in [0.5, 0.6) is 0 Å². The van der Waals surface area contributed by atoms with E-state index in [1.165, 1.54) is 7.05 Å². The summed E-state index contributed by atoms with van der Waals surface area (Å²) < 4.78 is 29.8. The predicted octanol–water partition coefficient (Wildman–Crippen LogP) is 1.44. The van der Waals surface area contributed by atoms with Crippen molar-refractivity contribution in [1.29, 1.82) is 0 Å². The molecule has 2 N–H and O–H groups in total. The van der Waals surface area contributed by atoms with Crippen molar-refractivity contribution in [3.05, 3.63) is 17.7 Å². The van der Waals surface area contributed by atoms with Gasteiger partial charge < -0.3 is 15.2 Å². The van der Waals surface area contributed by atoms with Gasteiger partial charge in [0.15, 0.2) is 0 Å². The second-order valence-electron chi connectivity index (χ2n) is 6.52. The molecule has 0 spiro atoms. The van der Waals surface area contributed by atoms with Crippen LogP contribution in [0.1, 0.15) is 25.3 Å². The van der Waals surface area contributed by atoms with E-state index in [0.29, 0.717) is 35.6 Å². The molecule has 3 atom stereocenters. The van der Waals surface area contributed by atoms with E-state index in [-0.39, 0.29) is 12.6 Å². The van der Waals surface area contributed by atoms with E-state index in [2.05, 4.69) is 17.2 Å². The quantitative estimate of drug-likeness (QED) is 0.695. The second kappa shape index (κ2) is 7.67. The number of hydrogen-bond donors (Lipinski definition) is 2. The van der Waals surface area contributed by atoms with E-state index >= 15 is 0 Å². The van der Waals surface area contributed by atoms with E-state index in [1.807, 2.05) is 0 Å². The largest absolute Gasteiger partial charge is 0.392 e. The molecule has 8 heteroatoms. The maximum Gasteiger partial charge on any atom is 0.233 e. The summed E-state index contributed by atoms with van der Waals surface area (Å²) in [6.45, 7) is 2.69. The first kappa shape index (κ1) is 19.0. The number of anilines is 2. The molecule has 136 valence electrons. The van der Waals surface area contributed by atoms with Crippen LogP contribution in [-0.4, -0.2) is 51.6 Å². The molecular weight excluding hydrogens is 330 g/mol. The van der Waals surface area contributed by atoms with Crippen LogP contribution in [0, 0.1) is 11.8 Å². The van der Waals surface area contributed by atoms with E-state index in [0.717, 1.165) is 23.4 Å². The highest BCUT2D eigenvalue weighted by atomic mass is 32.2. The Bertz CT molecular complexity index is 665. The fourth-order valence-corrected chi connectivity index (χ4v) is 3.24. The van der Waals surface area contributed by atoms with Crippen molar-refractivity contribution in [3.63, 3.8) is 0 Å². The van der Waals surface area contributed by atoms with Crippen LogP contribution in [0.25, 0.3) is 0 Å². The lowest BCUT2D eigenvalue weighted by atomic mass is 10.1. The number of aromatic nitrogens is 1. The Kier molecular flexibility index (Phi) is 6.06. The molecule has 7 nitrogen and oxygen atoms in total. The molecule has 2 rings (SSSR count). The molecule has 1 aliphatic carbocycles. The average molecular weight is 357 g/mol. The normalized spacial score (nSPS) is 21.4. The summed E-state index contributed by atoms with van der Waals surface area (Å²) in [4.78, 5) is 4.41. The van der Waals surface area contributed by atoms with Gasteiger partial charge in [-0.2, -0.15) is 0 Å². The minimum atomic E-state index is -3.41. The Balaban J connectivity index is 2.24. The van der Waals surface area contributed by atoms with E-state index in [1.54, 1.807) is 19.2 Å². The van der Waals surface area contributed by atoms with Gasteiger partial charge in [0.25, 0.3) is 0 Å². The lowest BCUT2D eigenvalue weighted by Crippen LogP contribution is -2.28. The number of nitrogens with one attached hydrogen (secondary N) is 1. The highest BCUT2D eigenvalue weighted by Crippen LogP contribution is 2.42. The van der Waals surface area contributed by atoms with Crippen molar-refractivity contribution < 1.29 is 18.3 Å². The van der Waals surface area contributed by atoms with Gasteiger partial charge in [0.2, 0.25) is 10.0 Å². The Morgan fingerprint density at radius 1 is 1.50 bits per heavy atom. The van der Waals surface area contributed by atoms with Crippen LogP contribution in [0.15, 0.2) is 12.1 Å². The topological polar surface area (TPSA) is 91.8 Å². The summed E-state index contributed by atoms with van der Waals surface area (Å²) >= 11 is 0. The first-order valence-electron chi connectivity index (χ1n) is 8.07. The number of hydrogen-bond acceptors (Lipinski definition) is 6. The first-order chi connectivity index (χ1) is 11.3. The molecule has 0 saturated heterocycles. The third-order valence-corrected chi connectivity index (χ3v) is 5.71. The summed E-state index contributed by atoms with van der Waals surface area (Å²) in [6.07, 6.45) is 3.14. The third-order valence-electron chi connectivity index (χ3n) is 4.53. The van der Waals surface area contributed by atoms with Crippen molar-refractivity contribution in [2.24, 2.45) is 11.8 Å². The van der Waals surface area contributed by atoms with Gasteiger partial charge in [-0.25, -0.2) is 13.4 Å². The maximum atomic E-state index is 11.8. The number of ether oxygens (including phenoxy) is 1. The van der Waals surface area contributed by atoms with E-state index < -0.39 is 10.0 Å². The number of aliphatic hydroxyl groups is 1. The van der Waals surface area contributed by atoms with Gasteiger partial charge in [0.1, 0.15) is 11.6 Å². The SMILES string of the molecule is COCCC(Nc1cc(CO)cc(N(C)S(C)(=O)=O)n1)[C@H]1C[C@@H]1C. The van der Waals surface area contributed by atoms with Crippen LogP contribution in [-0.2, 0) is 21.4 Å². The smallest absolute Gasteiger partial charge is 0.233 e. The summed E-state index contributed by atoms with van der Waals surface area (Å²) in [5.74, 6) is 2.10. The molecule has 1 aromatic heterocycles. The standard InChI is InChI=1S/C16H27N3O4S/c1-11-7-13(11)14(5-6-23-3)17-15-8-12(10-20)9-16(18-15)19(2)24(4,21)22/h8-9,11,13-14,20H,5-7,10H2,1-4H3,(H,17,18)/t11-,13-,14?/m0/s1. The maximum absolute atomic E-state index is 11.8. The average Bonchev–Trinajstić information content (AvgIpc) is 3.26. The third kappa shape index (κ3) is 4.81. The summed E-state index contributed by atoms with van der Waals surface area (Å²) in [5, 5.41) is 12.9. The summed E-state index contributed by atoms with van der Waals surface area (Å²) in [7, 11) is -0.281. The highest BCUT2D eigenvalue weighted by molar-refractivity contribution is 7.92. The van der Waals surface area contributed by atoms with E-state index in [4.69, 9.17) is 4.74 Å². The van der Waals surface area contributed by atoms with Gasteiger partial charge in [-0.05, 0) is 42.4 Å². The lowest BCUT2D eigenvalue weighted by molar-refractivity contribution is 0.187. The molecule has 1 fully saturated rings. The van der Waals surface area contributed by atoms with Crippen molar-refractivity contribution in [1.82, 2.24) is 4.98 Å². The molecule has 0 amide bonds. The molecule has 0 bridgehead atoms. The summed E-state index contributed by atoms with van der Waals surface area (Å²) in [6, 6.07) is 3.56. The molecular formula is C16H27N3O4S. The highest BCUT2D eigenvalue weighted by Gasteiger charge is 2.39. The molecule has 0 radical (unpaired) electrons. The molecule has 1 saturated carbocycles. The Morgan fingerprint density at radius 2 is 2.17 bits per heavy atom. The van der Waals surface area contributed by atoms with Gasteiger partial charge in [0.05, 0.1) is 12.9 Å². The zero-order chi connectivity index (χ0) is 17.9. The van der Waals surface area contributed by atoms with Crippen LogP contribution < -0.4 is 9.62 Å². The monoisotopic (exact) mass is 357 g/mol. The van der Waals surface area contributed by atoms with Crippen LogP contribution in [0.3, 0.4) is 0 Å². The number of methoxy groups -OCH3 is 1. The number of pyridine rings is 1. The van der Waals surface area contributed by atoms with Crippen molar-refractivity contribution in [2.75, 3.05) is 36.6 Å². The van der Waals surface area contributed by atoms with Crippen LogP contribution in [0.4, 0.5) is 11.6 Å². The minimum Gasteiger partial charge on any atom is -0.392 e. The van der Waals surface area contributed by atoms with Gasteiger partial charge in [-0.3, -0.25) is 4.31 Å². The van der Waals surface area contributed by atoms with Gasteiger partial charge in [-0.15, -0.1) is 0 Å². The molecule has 1 aliphatic rings. The number of sulfonamides is 1. The van der Waals surface area contributed by atoms with Crippen LogP contribution >= 0.6 is 0 Å². The second-order valence-corrected chi connectivity index (χ2v) is 8.53. The Labute approximate surface area is 144 Å². The minimum absolute atomic E-state index is 0.176. The summed E-state index contributed by atoms with van der Waals surface area (Å²) in [5.41, 5.74) is 0.618. The Morgan fingerprint density at radius 3 is 2.67 bits per heavy atom. The molecule has 0 aliphatic heterocycles. The van der Waals surface area contributed by atoms with Gasteiger partial charge in [0, 0.05) is 26.8 Å². The molecule has 1 heterocycles. The number of aliphatic hydroxyl groups excluding tert-OH is 1. The zero-order valence-corrected chi connectivity index (χ0v) is 15.5. The predicted molar refractivity (Wildman–Crippen MR) is 94.6 cm³/mol. The molecule has 1 aromatic rings. The zero-order valence-electron chi connectivity index (χ0n) is 14.7. The van der Waals surface area contributed by atoms with Crippen molar-refractivity contribution >= 4 is 21.7 Å². The van der Waals surface area contributed by atoms with Crippen LogP contribution in [0.2, 0.25) is 0 Å². The fourth-order valence-electron chi connectivity index (χ4n) is 2.81. The molecule has 0 aromatic carbocycles. The number of rotatable bonds is 9.